The highest BCUT2D eigenvalue weighted by Gasteiger charge is 2.21. The second kappa shape index (κ2) is 12.8. The zero-order valence-corrected chi connectivity index (χ0v) is 20.3. The number of amides is 2. The first kappa shape index (κ1) is 27.0. The Morgan fingerprint density at radius 3 is 2.47 bits per heavy atom. The van der Waals surface area contributed by atoms with Gasteiger partial charge in [0.05, 0.1) is 10.5 Å². The second-order valence-corrected chi connectivity index (χ2v) is 9.61. The number of carbonyl (C=O) groups excluding carboxylic acids is 2. The predicted octanol–water partition coefficient (Wildman–Crippen LogP) is 3.09. The maximum absolute atomic E-state index is 12.8. The molecule has 0 fully saturated rings. The first-order valence-corrected chi connectivity index (χ1v) is 12.8. The lowest BCUT2D eigenvalue weighted by atomic mass is 10.0. The van der Waals surface area contributed by atoms with Crippen LogP contribution in [0.1, 0.15) is 77.9 Å². The van der Waals surface area contributed by atoms with E-state index in [1.54, 1.807) is 12.1 Å². The number of aromatic carboxylic acids is 1. The van der Waals surface area contributed by atoms with Crippen LogP contribution < -0.4 is 10.0 Å². The van der Waals surface area contributed by atoms with Crippen molar-refractivity contribution in [3.63, 3.8) is 0 Å². The van der Waals surface area contributed by atoms with Crippen molar-refractivity contribution < 1.29 is 27.9 Å². The van der Waals surface area contributed by atoms with E-state index in [0.29, 0.717) is 36.9 Å². The van der Waals surface area contributed by atoms with E-state index < -0.39 is 21.9 Å². The molecule has 0 aliphatic rings. The number of sulfonamides is 1. The molecule has 184 valence electrons. The van der Waals surface area contributed by atoms with Gasteiger partial charge in [-0.15, -0.1) is 0 Å². The molecule has 0 atom stereocenters. The van der Waals surface area contributed by atoms with Gasteiger partial charge in [0.1, 0.15) is 0 Å². The van der Waals surface area contributed by atoms with Gasteiger partial charge < -0.3 is 10.4 Å². The van der Waals surface area contributed by atoms with Gasteiger partial charge in [-0.05, 0) is 55.0 Å². The quantitative estimate of drug-likeness (QED) is 0.367. The van der Waals surface area contributed by atoms with Crippen LogP contribution in [-0.4, -0.2) is 42.8 Å². The number of nitrogens with one attached hydrogen (secondary N) is 2. The van der Waals surface area contributed by atoms with Crippen LogP contribution in [-0.2, 0) is 27.7 Å². The molecule has 2 amide bonds. The summed E-state index contributed by atoms with van der Waals surface area (Å²) in [5.74, 6) is -2.15. The SMILES string of the molecule is CCCCCc1cc(C(=O)NS(=O)(=O)c2cccc(CCNC(=O)CCC)c2)cnc1C(=O)O. The van der Waals surface area contributed by atoms with Gasteiger partial charge in [0, 0.05) is 19.2 Å². The number of aryl methyl sites for hydroxylation is 1. The fourth-order valence-electron chi connectivity index (χ4n) is 3.35. The molecule has 1 aromatic heterocycles. The first-order chi connectivity index (χ1) is 16.2. The molecule has 1 aromatic carbocycles. The minimum atomic E-state index is -4.17. The lowest BCUT2D eigenvalue weighted by molar-refractivity contribution is -0.121. The number of nitrogens with zero attached hydrogens (tertiary/aromatic N) is 1. The molecule has 0 radical (unpaired) electrons. The normalized spacial score (nSPS) is 11.1. The molecule has 3 N–H and O–H groups in total. The van der Waals surface area contributed by atoms with Gasteiger partial charge >= 0.3 is 5.97 Å². The van der Waals surface area contributed by atoms with Gasteiger partial charge in [0.25, 0.3) is 15.9 Å². The van der Waals surface area contributed by atoms with E-state index in [2.05, 4.69) is 10.3 Å². The third-order valence-corrected chi connectivity index (χ3v) is 6.46. The molecule has 0 aliphatic carbocycles. The molecule has 0 spiro atoms. The lowest BCUT2D eigenvalue weighted by Crippen LogP contribution is -2.31. The van der Waals surface area contributed by atoms with Crippen molar-refractivity contribution in [2.45, 2.75) is 63.7 Å². The van der Waals surface area contributed by atoms with Crippen LogP contribution >= 0.6 is 0 Å². The highest BCUT2D eigenvalue weighted by atomic mass is 32.2. The Bertz CT molecular complexity index is 1130. The maximum atomic E-state index is 12.8. The third kappa shape index (κ3) is 7.95. The second-order valence-electron chi connectivity index (χ2n) is 7.93. The molecule has 10 heteroatoms. The average Bonchev–Trinajstić information content (AvgIpc) is 2.79. The highest BCUT2D eigenvalue weighted by molar-refractivity contribution is 7.90. The number of carbonyl (C=O) groups is 3. The Labute approximate surface area is 200 Å². The smallest absolute Gasteiger partial charge is 0.354 e. The number of hydrogen-bond acceptors (Lipinski definition) is 6. The standard InChI is InChI=1S/C24H31N3O6S/c1-3-5-6-10-18-15-19(16-26-22(18)24(30)31)23(29)27-34(32,33)20-11-7-9-17(14-20)12-13-25-21(28)8-4-2/h7,9,11,14-16H,3-6,8,10,12-13H2,1-2H3,(H,25,28)(H,27,29)(H,30,31). The van der Waals surface area contributed by atoms with E-state index in [-0.39, 0.29) is 22.1 Å². The largest absolute Gasteiger partial charge is 0.477 e. The molecule has 2 aromatic rings. The summed E-state index contributed by atoms with van der Waals surface area (Å²) >= 11 is 0. The van der Waals surface area contributed by atoms with Crippen LogP contribution in [0.2, 0.25) is 0 Å². The molecular formula is C24H31N3O6S. The van der Waals surface area contributed by atoms with Gasteiger partial charge in [-0.1, -0.05) is 38.8 Å². The van der Waals surface area contributed by atoms with Crippen LogP contribution in [0.25, 0.3) is 0 Å². The number of carboxylic acids is 1. The van der Waals surface area contributed by atoms with Crippen LogP contribution in [0, 0.1) is 0 Å². The Balaban J connectivity index is 2.14. The van der Waals surface area contributed by atoms with E-state index in [1.807, 2.05) is 18.6 Å². The van der Waals surface area contributed by atoms with Crippen molar-refractivity contribution in [2.24, 2.45) is 0 Å². The summed E-state index contributed by atoms with van der Waals surface area (Å²) in [7, 11) is -4.17. The Kier molecular flexibility index (Phi) is 10.2. The van der Waals surface area contributed by atoms with Crippen molar-refractivity contribution >= 4 is 27.8 Å². The van der Waals surface area contributed by atoms with Gasteiger partial charge in [-0.3, -0.25) is 9.59 Å². The van der Waals surface area contributed by atoms with Crippen molar-refractivity contribution in [3.8, 4) is 0 Å². The molecule has 0 saturated carbocycles. The zero-order valence-electron chi connectivity index (χ0n) is 19.5. The molecule has 2 rings (SSSR count). The van der Waals surface area contributed by atoms with Crippen molar-refractivity contribution in [1.82, 2.24) is 15.0 Å². The minimum absolute atomic E-state index is 0.0325. The molecule has 1 heterocycles. The molecule has 0 saturated heterocycles. The number of hydrogen-bond donors (Lipinski definition) is 3. The van der Waals surface area contributed by atoms with Gasteiger partial charge in [0.2, 0.25) is 5.91 Å². The summed E-state index contributed by atoms with van der Waals surface area (Å²) in [5.41, 5.74) is 0.903. The lowest BCUT2D eigenvalue weighted by Gasteiger charge is -2.11. The Morgan fingerprint density at radius 1 is 1.03 bits per heavy atom. The molecule has 9 nitrogen and oxygen atoms in total. The monoisotopic (exact) mass is 489 g/mol. The molecule has 0 bridgehead atoms. The third-order valence-electron chi connectivity index (χ3n) is 5.13. The fourth-order valence-corrected chi connectivity index (χ4v) is 4.40. The van der Waals surface area contributed by atoms with Crippen molar-refractivity contribution in [1.29, 1.82) is 0 Å². The fraction of sp³-hybridized carbons (Fsp3) is 0.417. The number of pyridine rings is 1. The summed E-state index contributed by atoms with van der Waals surface area (Å²) in [6, 6.07) is 7.51. The molecule has 0 unspecified atom stereocenters. The average molecular weight is 490 g/mol. The summed E-state index contributed by atoms with van der Waals surface area (Å²) in [4.78, 5) is 39.5. The summed E-state index contributed by atoms with van der Waals surface area (Å²) < 4.78 is 27.6. The number of benzene rings is 1. The molecular weight excluding hydrogens is 458 g/mol. The van der Waals surface area contributed by atoms with Crippen LogP contribution in [0.4, 0.5) is 0 Å². The predicted molar refractivity (Wildman–Crippen MR) is 127 cm³/mol. The van der Waals surface area contributed by atoms with E-state index in [9.17, 15) is 27.9 Å². The topological polar surface area (TPSA) is 143 Å². The Morgan fingerprint density at radius 2 is 1.79 bits per heavy atom. The van der Waals surface area contributed by atoms with Gasteiger partial charge in [-0.2, -0.15) is 0 Å². The van der Waals surface area contributed by atoms with Crippen molar-refractivity contribution in [3.05, 3.63) is 58.9 Å². The van der Waals surface area contributed by atoms with E-state index >= 15 is 0 Å². The van der Waals surface area contributed by atoms with E-state index in [0.717, 1.165) is 31.9 Å². The Hall–Kier alpha value is -3.27. The van der Waals surface area contributed by atoms with Crippen LogP contribution in [0.15, 0.2) is 41.4 Å². The van der Waals surface area contributed by atoms with E-state index in [4.69, 9.17) is 0 Å². The highest BCUT2D eigenvalue weighted by Crippen LogP contribution is 2.16. The maximum Gasteiger partial charge on any atom is 0.354 e. The molecule has 34 heavy (non-hydrogen) atoms. The van der Waals surface area contributed by atoms with Crippen LogP contribution in [0.5, 0.6) is 0 Å². The number of unbranched alkanes of at least 4 members (excludes halogenated alkanes) is 2. The number of aromatic nitrogens is 1. The zero-order chi connectivity index (χ0) is 25.1. The van der Waals surface area contributed by atoms with Gasteiger partial charge in [0.15, 0.2) is 5.69 Å². The molecule has 0 aliphatic heterocycles. The first-order valence-electron chi connectivity index (χ1n) is 11.3. The summed E-state index contributed by atoms with van der Waals surface area (Å²) in [6.45, 7) is 4.30. The van der Waals surface area contributed by atoms with Crippen molar-refractivity contribution in [2.75, 3.05) is 6.54 Å². The number of carboxylic acid groups (broad SMARTS) is 1. The van der Waals surface area contributed by atoms with E-state index in [1.165, 1.54) is 18.2 Å². The minimum Gasteiger partial charge on any atom is -0.477 e. The summed E-state index contributed by atoms with van der Waals surface area (Å²) in [6.07, 6.45) is 5.67. The number of rotatable bonds is 13. The van der Waals surface area contributed by atoms with Crippen LogP contribution in [0.3, 0.4) is 0 Å². The van der Waals surface area contributed by atoms with Gasteiger partial charge in [-0.25, -0.2) is 22.9 Å². The summed E-state index contributed by atoms with van der Waals surface area (Å²) in [5, 5.41) is 12.1.